The van der Waals surface area contributed by atoms with E-state index in [0.717, 1.165) is 32.2 Å². The Kier molecular flexibility index (Phi) is 3.84. The molecule has 19 heavy (non-hydrogen) atoms. The van der Waals surface area contributed by atoms with Gasteiger partial charge in [-0.05, 0) is 52.0 Å². The highest BCUT2D eigenvalue weighted by molar-refractivity contribution is 5.79. The molecule has 1 saturated carbocycles. The number of nitrogens with zero attached hydrogens (tertiary/aromatic N) is 2. The van der Waals surface area contributed by atoms with Crippen LogP contribution < -0.4 is 5.32 Å². The average Bonchev–Trinajstić information content (AvgIpc) is 3.11. The van der Waals surface area contributed by atoms with Gasteiger partial charge < -0.3 is 10.4 Å². The summed E-state index contributed by atoms with van der Waals surface area (Å²) < 4.78 is 0. The second-order valence-electron chi connectivity index (χ2n) is 6.45. The fourth-order valence-electron chi connectivity index (χ4n) is 2.87. The van der Waals surface area contributed by atoms with Gasteiger partial charge in [-0.2, -0.15) is 5.26 Å². The van der Waals surface area contributed by atoms with Gasteiger partial charge in [-0.15, -0.1) is 0 Å². The molecule has 2 atom stereocenters. The molecule has 2 aliphatic rings. The number of aliphatic hydroxyl groups is 1. The van der Waals surface area contributed by atoms with Crippen molar-refractivity contribution in [2.45, 2.75) is 50.7 Å². The first-order valence-corrected chi connectivity index (χ1v) is 7.02. The summed E-state index contributed by atoms with van der Waals surface area (Å²) in [5, 5.41) is 22.1. The number of carbonyl (C=O) groups is 1. The summed E-state index contributed by atoms with van der Waals surface area (Å²) in [6.07, 6.45) is 3.72. The van der Waals surface area contributed by atoms with Crippen LogP contribution in [0.4, 0.5) is 0 Å². The lowest BCUT2D eigenvalue weighted by Crippen LogP contribution is -2.53. The minimum Gasteiger partial charge on any atom is -0.389 e. The first-order valence-electron chi connectivity index (χ1n) is 7.02. The zero-order valence-electron chi connectivity index (χ0n) is 11.8. The fourth-order valence-corrected chi connectivity index (χ4v) is 2.87. The molecule has 0 radical (unpaired) electrons. The van der Waals surface area contributed by atoms with Crippen LogP contribution in [0.1, 0.15) is 39.5 Å². The van der Waals surface area contributed by atoms with Crippen LogP contribution in [0.3, 0.4) is 0 Å². The number of likely N-dealkylation sites (tertiary alicyclic amines) is 1. The number of hydrogen-bond acceptors (Lipinski definition) is 4. The maximum Gasteiger partial charge on any atom is 0.235 e. The van der Waals surface area contributed by atoms with E-state index in [-0.39, 0.29) is 12.5 Å². The van der Waals surface area contributed by atoms with Gasteiger partial charge in [0.25, 0.3) is 0 Å². The topological polar surface area (TPSA) is 76.4 Å². The number of piperidine rings is 1. The van der Waals surface area contributed by atoms with Gasteiger partial charge in [0, 0.05) is 6.54 Å². The van der Waals surface area contributed by atoms with Crippen molar-refractivity contribution in [3.8, 4) is 6.07 Å². The Morgan fingerprint density at radius 3 is 2.84 bits per heavy atom. The SMILES string of the molecule is CC1(O)CCCN(CC(=O)NC(C)(C#N)C2CC2)C1. The molecule has 1 amide bonds. The monoisotopic (exact) mass is 265 g/mol. The quantitative estimate of drug-likeness (QED) is 0.782. The molecule has 2 N–H and O–H groups in total. The molecule has 0 bridgehead atoms. The number of nitrogens with one attached hydrogen (secondary N) is 1. The van der Waals surface area contributed by atoms with E-state index in [1.54, 1.807) is 13.8 Å². The van der Waals surface area contributed by atoms with Crippen LogP contribution in [0.25, 0.3) is 0 Å². The molecule has 5 nitrogen and oxygen atoms in total. The van der Waals surface area contributed by atoms with Crippen LogP contribution in [-0.4, -0.2) is 46.7 Å². The average molecular weight is 265 g/mol. The first kappa shape index (κ1) is 14.3. The molecule has 5 heteroatoms. The van der Waals surface area contributed by atoms with Crippen LogP contribution >= 0.6 is 0 Å². The van der Waals surface area contributed by atoms with Gasteiger partial charge in [-0.25, -0.2) is 0 Å². The number of carbonyl (C=O) groups excluding carboxylic acids is 1. The summed E-state index contributed by atoms with van der Waals surface area (Å²) in [6.45, 7) is 5.22. The molecule has 1 aliphatic heterocycles. The maximum absolute atomic E-state index is 12.0. The van der Waals surface area contributed by atoms with Crippen molar-refractivity contribution in [3.63, 3.8) is 0 Å². The van der Waals surface area contributed by atoms with Crippen LogP contribution in [0, 0.1) is 17.2 Å². The first-order chi connectivity index (χ1) is 8.85. The van der Waals surface area contributed by atoms with Crippen LogP contribution in [0.2, 0.25) is 0 Å². The molecular weight excluding hydrogens is 242 g/mol. The molecule has 2 unspecified atom stereocenters. The third-order valence-electron chi connectivity index (χ3n) is 4.15. The second-order valence-corrected chi connectivity index (χ2v) is 6.45. The van der Waals surface area contributed by atoms with Crippen molar-refractivity contribution in [3.05, 3.63) is 0 Å². The number of amides is 1. The smallest absolute Gasteiger partial charge is 0.235 e. The largest absolute Gasteiger partial charge is 0.389 e. The highest BCUT2D eigenvalue weighted by Gasteiger charge is 2.43. The molecule has 0 aromatic heterocycles. The lowest BCUT2D eigenvalue weighted by Gasteiger charge is -2.36. The predicted molar refractivity (Wildman–Crippen MR) is 71.2 cm³/mol. The zero-order valence-corrected chi connectivity index (χ0v) is 11.8. The van der Waals surface area contributed by atoms with Gasteiger partial charge in [0.1, 0.15) is 5.54 Å². The van der Waals surface area contributed by atoms with E-state index in [4.69, 9.17) is 0 Å². The van der Waals surface area contributed by atoms with E-state index < -0.39 is 11.1 Å². The van der Waals surface area contributed by atoms with Crippen molar-refractivity contribution < 1.29 is 9.90 Å². The third-order valence-corrected chi connectivity index (χ3v) is 4.15. The molecule has 1 aliphatic carbocycles. The Balaban J connectivity index is 1.86. The van der Waals surface area contributed by atoms with Gasteiger partial charge in [0.05, 0.1) is 18.2 Å². The van der Waals surface area contributed by atoms with Crippen LogP contribution in [-0.2, 0) is 4.79 Å². The number of nitriles is 1. The van der Waals surface area contributed by atoms with Crippen molar-refractivity contribution >= 4 is 5.91 Å². The fraction of sp³-hybridized carbons (Fsp3) is 0.857. The van der Waals surface area contributed by atoms with Crippen molar-refractivity contribution in [2.75, 3.05) is 19.6 Å². The molecule has 0 aromatic rings. The van der Waals surface area contributed by atoms with Gasteiger partial charge >= 0.3 is 0 Å². The molecule has 106 valence electrons. The summed E-state index contributed by atoms with van der Waals surface area (Å²) in [4.78, 5) is 14.0. The highest BCUT2D eigenvalue weighted by Crippen LogP contribution is 2.39. The molecule has 2 fully saturated rings. The Labute approximate surface area is 114 Å². The lowest BCUT2D eigenvalue weighted by atomic mass is 9.95. The van der Waals surface area contributed by atoms with Crippen LogP contribution in [0.15, 0.2) is 0 Å². The van der Waals surface area contributed by atoms with Crippen LogP contribution in [0.5, 0.6) is 0 Å². The minimum absolute atomic E-state index is 0.117. The molecular formula is C14H23N3O2. The summed E-state index contributed by atoms with van der Waals surface area (Å²) in [5.41, 5.74) is -1.43. The molecule has 1 heterocycles. The Hall–Kier alpha value is -1.12. The summed E-state index contributed by atoms with van der Waals surface area (Å²) in [7, 11) is 0. The standard InChI is InChI=1S/C14H23N3O2/c1-13(19)6-3-7-17(10-13)8-12(18)16-14(2,9-15)11-4-5-11/h11,19H,3-8,10H2,1-2H3,(H,16,18). The minimum atomic E-state index is -0.727. The second kappa shape index (κ2) is 5.10. The Morgan fingerprint density at radius 2 is 2.32 bits per heavy atom. The number of hydrogen-bond donors (Lipinski definition) is 2. The molecule has 0 spiro atoms. The third kappa shape index (κ3) is 3.68. The molecule has 0 aromatic carbocycles. The molecule has 1 saturated heterocycles. The Bertz CT molecular complexity index is 398. The number of β-amino-alcohol motifs (C(OH)–C–C–N with tert-alkyl or cyclic N) is 1. The van der Waals surface area contributed by atoms with Gasteiger partial charge in [0.15, 0.2) is 0 Å². The summed E-state index contributed by atoms with van der Waals surface area (Å²) in [5.74, 6) is 0.180. The maximum atomic E-state index is 12.0. The van der Waals surface area contributed by atoms with E-state index in [1.807, 2.05) is 4.90 Å². The van der Waals surface area contributed by atoms with Crippen molar-refractivity contribution in [2.24, 2.45) is 5.92 Å². The van der Waals surface area contributed by atoms with E-state index in [9.17, 15) is 15.2 Å². The van der Waals surface area contributed by atoms with E-state index in [2.05, 4.69) is 11.4 Å². The zero-order chi connectivity index (χ0) is 14.1. The predicted octanol–water partition coefficient (Wildman–Crippen LogP) is 0.642. The van der Waals surface area contributed by atoms with E-state index in [0.29, 0.717) is 12.5 Å². The van der Waals surface area contributed by atoms with Crippen molar-refractivity contribution in [1.29, 1.82) is 5.26 Å². The van der Waals surface area contributed by atoms with Gasteiger partial charge in [-0.1, -0.05) is 0 Å². The summed E-state index contributed by atoms with van der Waals surface area (Å²) >= 11 is 0. The summed E-state index contributed by atoms with van der Waals surface area (Å²) in [6, 6.07) is 2.22. The van der Waals surface area contributed by atoms with E-state index in [1.165, 1.54) is 0 Å². The normalized spacial score (nSPS) is 31.3. The van der Waals surface area contributed by atoms with Gasteiger partial charge in [-0.3, -0.25) is 9.69 Å². The van der Waals surface area contributed by atoms with E-state index >= 15 is 0 Å². The lowest BCUT2D eigenvalue weighted by molar-refractivity contribution is -0.125. The Morgan fingerprint density at radius 1 is 1.63 bits per heavy atom. The van der Waals surface area contributed by atoms with Gasteiger partial charge in [0.2, 0.25) is 5.91 Å². The highest BCUT2D eigenvalue weighted by atomic mass is 16.3. The van der Waals surface area contributed by atoms with Crippen molar-refractivity contribution in [1.82, 2.24) is 10.2 Å². The number of rotatable bonds is 4. The molecule has 2 rings (SSSR count).